The lowest BCUT2D eigenvalue weighted by atomic mass is 10.4. The summed E-state index contributed by atoms with van der Waals surface area (Å²) < 4.78 is 15.3. The molecule has 0 unspecified atom stereocenters. The Kier molecular flexibility index (Phi) is 6.35. The van der Waals surface area contributed by atoms with Crippen molar-refractivity contribution in [1.82, 2.24) is 5.32 Å². The zero-order valence-electron chi connectivity index (χ0n) is 10.3. The molecule has 0 aliphatic carbocycles. The smallest absolute Gasteiger partial charge is 0.374 e. The van der Waals surface area contributed by atoms with E-state index in [0.29, 0.717) is 25.5 Å². The zero-order chi connectivity index (χ0) is 12.5. The minimum absolute atomic E-state index is 0.244. The summed E-state index contributed by atoms with van der Waals surface area (Å²) in [6.07, 6.45) is 0. The molecule has 5 heteroatoms. The standard InChI is InChI=1S/C12H19NO4/c1-3-15-8-7-13-9-10-5-6-11(17-10)12(14)16-4-2/h5-6,13H,3-4,7-9H2,1-2H3. The van der Waals surface area contributed by atoms with Gasteiger partial charge in [-0.3, -0.25) is 0 Å². The molecular formula is C12H19NO4. The van der Waals surface area contributed by atoms with E-state index in [1.165, 1.54) is 0 Å². The monoisotopic (exact) mass is 241 g/mol. The predicted octanol–water partition coefficient (Wildman–Crippen LogP) is 1.58. The molecular weight excluding hydrogens is 222 g/mol. The van der Waals surface area contributed by atoms with E-state index < -0.39 is 5.97 Å². The van der Waals surface area contributed by atoms with Crippen LogP contribution in [0, 0.1) is 0 Å². The van der Waals surface area contributed by atoms with Crippen molar-refractivity contribution in [2.45, 2.75) is 20.4 Å². The first-order valence-corrected chi connectivity index (χ1v) is 5.82. The number of esters is 1. The lowest BCUT2D eigenvalue weighted by Crippen LogP contribution is -2.18. The van der Waals surface area contributed by atoms with Gasteiger partial charge in [-0.1, -0.05) is 0 Å². The Morgan fingerprint density at radius 3 is 2.88 bits per heavy atom. The summed E-state index contributed by atoms with van der Waals surface area (Å²) in [5.74, 6) is 0.533. The third kappa shape index (κ3) is 5.01. The molecule has 0 spiro atoms. The normalized spacial score (nSPS) is 10.5. The molecule has 0 aliphatic rings. The van der Waals surface area contributed by atoms with Gasteiger partial charge in [0.05, 0.1) is 19.8 Å². The minimum atomic E-state index is -0.423. The molecule has 0 aliphatic heterocycles. The molecule has 5 nitrogen and oxygen atoms in total. The van der Waals surface area contributed by atoms with E-state index in [9.17, 15) is 4.79 Å². The second kappa shape index (κ2) is 7.86. The minimum Gasteiger partial charge on any atom is -0.460 e. The first kappa shape index (κ1) is 13.7. The SMILES string of the molecule is CCOCCNCc1ccc(C(=O)OCC)o1. The van der Waals surface area contributed by atoms with E-state index in [1.54, 1.807) is 19.1 Å². The van der Waals surface area contributed by atoms with Gasteiger partial charge in [0.2, 0.25) is 5.76 Å². The zero-order valence-corrected chi connectivity index (χ0v) is 10.3. The molecule has 1 rings (SSSR count). The van der Waals surface area contributed by atoms with Crippen LogP contribution >= 0.6 is 0 Å². The van der Waals surface area contributed by atoms with Crippen LogP contribution in [0.2, 0.25) is 0 Å². The second-order valence-corrected chi connectivity index (χ2v) is 3.36. The molecule has 0 fully saturated rings. The lowest BCUT2D eigenvalue weighted by Gasteiger charge is -2.02. The van der Waals surface area contributed by atoms with Gasteiger partial charge < -0.3 is 19.2 Å². The van der Waals surface area contributed by atoms with E-state index in [4.69, 9.17) is 13.9 Å². The maximum atomic E-state index is 11.3. The van der Waals surface area contributed by atoms with E-state index >= 15 is 0 Å². The Balaban J connectivity index is 2.28. The van der Waals surface area contributed by atoms with Gasteiger partial charge in [-0.25, -0.2) is 4.79 Å². The number of nitrogens with one attached hydrogen (secondary N) is 1. The quantitative estimate of drug-likeness (QED) is 0.553. The van der Waals surface area contributed by atoms with Crippen molar-refractivity contribution >= 4 is 5.97 Å². The van der Waals surface area contributed by atoms with Crippen molar-refractivity contribution in [1.29, 1.82) is 0 Å². The van der Waals surface area contributed by atoms with Gasteiger partial charge >= 0.3 is 5.97 Å². The fourth-order valence-electron chi connectivity index (χ4n) is 1.29. The van der Waals surface area contributed by atoms with Crippen molar-refractivity contribution < 1.29 is 18.7 Å². The third-order valence-electron chi connectivity index (χ3n) is 2.06. The molecule has 1 aromatic rings. The maximum Gasteiger partial charge on any atom is 0.374 e. The Morgan fingerprint density at radius 1 is 1.35 bits per heavy atom. The van der Waals surface area contributed by atoms with Gasteiger partial charge in [0.1, 0.15) is 5.76 Å². The number of carbonyl (C=O) groups is 1. The summed E-state index contributed by atoms with van der Waals surface area (Å²) in [5.41, 5.74) is 0. The molecule has 0 saturated heterocycles. The van der Waals surface area contributed by atoms with Crippen molar-refractivity contribution in [3.8, 4) is 0 Å². The van der Waals surface area contributed by atoms with Crippen molar-refractivity contribution in [2.24, 2.45) is 0 Å². The first-order chi connectivity index (χ1) is 8.27. The summed E-state index contributed by atoms with van der Waals surface area (Å²) in [4.78, 5) is 11.3. The molecule has 0 aromatic carbocycles. The molecule has 0 radical (unpaired) electrons. The van der Waals surface area contributed by atoms with Crippen LogP contribution in [0.5, 0.6) is 0 Å². The topological polar surface area (TPSA) is 60.7 Å². The highest BCUT2D eigenvalue weighted by Gasteiger charge is 2.11. The molecule has 1 N–H and O–H groups in total. The summed E-state index contributed by atoms with van der Waals surface area (Å²) in [6, 6.07) is 3.39. The molecule has 17 heavy (non-hydrogen) atoms. The fourth-order valence-corrected chi connectivity index (χ4v) is 1.29. The highest BCUT2D eigenvalue weighted by molar-refractivity contribution is 5.86. The second-order valence-electron chi connectivity index (χ2n) is 3.36. The summed E-state index contributed by atoms with van der Waals surface area (Å²) in [6.45, 7) is 6.78. The number of rotatable bonds is 8. The fraction of sp³-hybridized carbons (Fsp3) is 0.583. The van der Waals surface area contributed by atoms with E-state index in [1.807, 2.05) is 6.92 Å². The molecule has 1 heterocycles. The van der Waals surface area contributed by atoms with Crippen LogP contribution in [0.3, 0.4) is 0 Å². The highest BCUT2D eigenvalue weighted by Crippen LogP contribution is 2.08. The Labute approximate surface area is 101 Å². The summed E-state index contributed by atoms with van der Waals surface area (Å²) in [5, 5.41) is 3.15. The lowest BCUT2D eigenvalue weighted by molar-refractivity contribution is 0.0487. The average molecular weight is 241 g/mol. The van der Waals surface area contributed by atoms with E-state index in [-0.39, 0.29) is 5.76 Å². The van der Waals surface area contributed by atoms with Crippen LogP contribution in [0.4, 0.5) is 0 Å². The van der Waals surface area contributed by atoms with Crippen molar-refractivity contribution in [3.05, 3.63) is 23.7 Å². The first-order valence-electron chi connectivity index (χ1n) is 5.82. The number of carbonyl (C=O) groups excluding carboxylic acids is 1. The molecule has 0 saturated carbocycles. The van der Waals surface area contributed by atoms with E-state index in [2.05, 4.69) is 5.32 Å². The third-order valence-corrected chi connectivity index (χ3v) is 2.06. The Hall–Kier alpha value is -1.33. The van der Waals surface area contributed by atoms with E-state index in [0.717, 1.165) is 13.2 Å². The highest BCUT2D eigenvalue weighted by atomic mass is 16.5. The summed E-state index contributed by atoms with van der Waals surface area (Å²) >= 11 is 0. The van der Waals surface area contributed by atoms with Gasteiger partial charge in [-0.05, 0) is 26.0 Å². The molecule has 0 bridgehead atoms. The number of furan rings is 1. The van der Waals surface area contributed by atoms with Crippen LogP contribution in [0.15, 0.2) is 16.5 Å². The number of ether oxygens (including phenoxy) is 2. The largest absolute Gasteiger partial charge is 0.460 e. The van der Waals surface area contributed by atoms with Crippen LogP contribution in [0.1, 0.15) is 30.2 Å². The van der Waals surface area contributed by atoms with Crippen LogP contribution in [0.25, 0.3) is 0 Å². The van der Waals surface area contributed by atoms with Crippen LogP contribution < -0.4 is 5.32 Å². The van der Waals surface area contributed by atoms with Gasteiger partial charge in [0, 0.05) is 13.2 Å². The predicted molar refractivity (Wildman–Crippen MR) is 62.9 cm³/mol. The van der Waals surface area contributed by atoms with Crippen molar-refractivity contribution in [2.75, 3.05) is 26.4 Å². The molecule has 0 amide bonds. The van der Waals surface area contributed by atoms with Crippen LogP contribution in [-0.4, -0.2) is 32.3 Å². The van der Waals surface area contributed by atoms with Gasteiger partial charge in [0.25, 0.3) is 0 Å². The Bertz CT molecular complexity index is 335. The molecule has 96 valence electrons. The molecule has 1 aromatic heterocycles. The van der Waals surface area contributed by atoms with Gasteiger partial charge in [-0.2, -0.15) is 0 Å². The van der Waals surface area contributed by atoms with Crippen LogP contribution in [-0.2, 0) is 16.0 Å². The summed E-state index contributed by atoms with van der Waals surface area (Å²) in [7, 11) is 0. The maximum absolute atomic E-state index is 11.3. The van der Waals surface area contributed by atoms with Crippen molar-refractivity contribution in [3.63, 3.8) is 0 Å². The van der Waals surface area contributed by atoms with Gasteiger partial charge in [0.15, 0.2) is 0 Å². The number of hydrogen-bond donors (Lipinski definition) is 1. The molecule has 0 atom stereocenters. The number of hydrogen-bond acceptors (Lipinski definition) is 5. The Morgan fingerprint density at radius 2 is 2.18 bits per heavy atom. The average Bonchev–Trinajstić information content (AvgIpc) is 2.78. The van der Waals surface area contributed by atoms with Gasteiger partial charge in [-0.15, -0.1) is 0 Å².